The third-order valence-corrected chi connectivity index (χ3v) is 9.71. The summed E-state index contributed by atoms with van der Waals surface area (Å²) in [7, 11) is 0. The third kappa shape index (κ3) is 5.25. The Hall–Kier alpha value is -6.78. The van der Waals surface area contributed by atoms with E-state index in [9.17, 15) is 0 Å². The van der Waals surface area contributed by atoms with Gasteiger partial charge in [0.15, 0.2) is 0 Å². The molecule has 0 aliphatic carbocycles. The number of nitrogens with zero attached hydrogens (tertiary/aromatic N) is 4. The molecule has 51 heavy (non-hydrogen) atoms. The first-order chi connectivity index (χ1) is 25.2. The SMILES string of the molecule is C=C(/N=C(\N=C(/C)c1ccc(-c2ccccc2)cc1)n1c2ccccc2c2c3c4ccccc4n(-c4ccccc4)c3ccc21)c1ccccc1. The zero-order chi connectivity index (χ0) is 34.3. The van der Waals surface area contributed by atoms with Crippen molar-refractivity contribution >= 4 is 61.0 Å². The summed E-state index contributed by atoms with van der Waals surface area (Å²) >= 11 is 0. The number of rotatable bonds is 5. The van der Waals surface area contributed by atoms with E-state index in [1.54, 1.807) is 0 Å². The topological polar surface area (TPSA) is 34.6 Å². The van der Waals surface area contributed by atoms with Gasteiger partial charge in [0.05, 0.1) is 27.8 Å². The minimum absolute atomic E-state index is 0.561. The lowest BCUT2D eigenvalue weighted by Crippen LogP contribution is -2.12. The van der Waals surface area contributed by atoms with Crippen LogP contribution in [0.15, 0.2) is 192 Å². The van der Waals surface area contributed by atoms with Crippen molar-refractivity contribution in [2.75, 3.05) is 0 Å². The van der Waals surface area contributed by atoms with Crippen molar-refractivity contribution in [1.82, 2.24) is 9.13 Å². The molecule has 0 spiro atoms. The van der Waals surface area contributed by atoms with Gasteiger partial charge in [-0.15, -0.1) is 0 Å². The first kappa shape index (κ1) is 30.3. The van der Waals surface area contributed by atoms with Crippen molar-refractivity contribution in [3.8, 4) is 16.8 Å². The van der Waals surface area contributed by atoms with E-state index in [2.05, 4.69) is 162 Å². The van der Waals surface area contributed by atoms with E-state index in [4.69, 9.17) is 9.98 Å². The van der Waals surface area contributed by atoms with Gasteiger partial charge in [-0.2, -0.15) is 0 Å². The lowest BCUT2D eigenvalue weighted by atomic mass is 10.0. The molecular weight excluding hydrogens is 621 g/mol. The second-order valence-electron chi connectivity index (χ2n) is 12.8. The molecule has 0 bridgehead atoms. The van der Waals surface area contributed by atoms with E-state index < -0.39 is 0 Å². The minimum Gasteiger partial charge on any atom is -0.309 e. The number of aromatic nitrogens is 2. The number of hydrogen-bond donors (Lipinski definition) is 0. The van der Waals surface area contributed by atoms with Gasteiger partial charge in [0.1, 0.15) is 0 Å². The van der Waals surface area contributed by atoms with Crippen LogP contribution in [0.3, 0.4) is 0 Å². The lowest BCUT2D eigenvalue weighted by Gasteiger charge is -2.11. The Bertz CT molecular complexity index is 2780. The Morgan fingerprint density at radius 3 is 1.69 bits per heavy atom. The van der Waals surface area contributed by atoms with Gasteiger partial charge in [0.2, 0.25) is 5.96 Å². The Balaban J connectivity index is 1.30. The Morgan fingerprint density at radius 2 is 0.980 bits per heavy atom. The maximum Gasteiger partial charge on any atom is 0.235 e. The molecule has 0 fully saturated rings. The molecule has 2 heterocycles. The van der Waals surface area contributed by atoms with Gasteiger partial charge in [-0.1, -0.05) is 146 Å². The molecule has 0 N–H and O–H groups in total. The van der Waals surface area contributed by atoms with E-state index in [0.717, 1.165) is 44.5 Å². The van der Waals surface area contributed by atoms with Crippen LogP contribution in [0.4, 0.5) is 0 Å². The normalized spacial score (nSPS) is 12.3. The molecule has 9 aromatic rings. The van der Waals surface area contributed by atoms with Gasteiger partial charge in [0.25, 0.3) is 0 Å². The second-order valence-corrected chi connectivity index (χ2v) is 12.8. The van der Waals surface area contributed by atoms with Crippen LogP contribution in [0.5, 0.6) is 0 Å². The summed E-state index contributed by atoms with van der Waals surface area (Å²) in [5, 5.41) is 4.73. The molecular formula is C47H34N4. The van der Waals surface area contributed by atoms with Gasteiger partial charge in [0, 0.05) is 32.9 Å². The van der Waals surface area contributed by atoms with Crippen LogP contribution >= 0.6 is 0 Å². The summed E-state index contributed by atoms with van der Waals surface area (Å²) in [6, 6.07) is 61.4. The number of para-hydroxylation sites is 3. The Morgan fingerprint density at radius 1 is 0.451 bits per heavy atom. The van der Waals surface area contributed by atoms with Gasteiger partial charge in [-0.25, -0.2) is 9.98 Å². The first-order valence-corrected chi connectivity index (χ1v) is 17.2. The molecule has 242 valence electrons. The predicted octanol–water partition coefficient (Wildman–Crippen LogP) is 11.9. The molecule has 4 nitrogen and oxygen atoms in total. The van der Waals surface area contributed by atoms with E-state index in [1.165, 1.54) is 32.8 Å². The van der Waals surface area contributed by atoms with Crippen molar-refractivity contribution in [2.24, 2.45) is 9.98 Å². The van der Waals surface area contributed by atoms with Crippen LogP contribution in [0.2, 0.25) is 0 Å². The zero-order valence-corrected chi connectivity index (χ0v) is 28.2. The Kier molecular flexibility index (Phi) is 7.48. The fourth-order valence-corrected chi connectivity index (χ4v) is 7.28. The predicted molar refractivity (Wildman–Crippen MR) is 216 cm³/mol. The van der Waals surface area contributed by atoms with Crippen LogP contribution in [-0.4, -0.2) is 20.8 Å². The summed E-state index contributed by atoms with van der Waals surface area (Å²) in [6.45, 7) is 6.47. The van der Waals surface area contributed by atoms with Crippen LogP contribution in [0, 0.1) is 0 Å². The average Bonchev–Trinajstić information content (AvgIpc) is 3.71. The molecule has 2 aromatic heterocycles. The highest BCUT2D eigenvalue weighted by Gasteiger charge is 2.22. The van der Waals surface area contributed by atoms with E-state index in [-0.39, 0.29) is 0 Å². The molecule has 0 saturated heterocycles. The summed E-state index contributed by atoms with van der Waals surface area (Å²) in [5.41, 5.74) is 11.4. The van der Waals surface area contributed by atoms with E-state index in [1.807, 2.05) is 36.4 Å². The van der Waals surface area contributed by atoms with Gasteiger partial charge >= 0.3 is 0 Å². The summed E-state index contributed by atoms with van der Waals surface area (Å²) in [5.74, 6) is 0.561. The molecule has 0 unspecified atom stereocenters. The van der Waals surface area contributed by atoms with Gasteiger partial charge < -0.3 is 4.57 Å². The highest BCUT2D eigenvalue weighted by Crippen LogP contribution is 2.41. The lowest BCUT2D eigenvalue weighted by molar-refractivity contribution is 1.18. The molecule has 0 amide bonds. The van der Waals surface area contributed by atoms with Gasteiger partial charge in [-0.05, 0) is 65.6 Å². The van der Waals surface area contributed by atoms with Crippen molar-refractivity contribution in [3.63, 3.8) is 0 Å². The first-order valence-electron chi connectivity index (χ1n) is 17.2. The minimum atomic E-state index is 0.561. The molecule has 9 rings (SSSR count). The third-order valence-electron chi connectivity index (χ3n) is 9.71. The molecule has 4 heteroatoms. The fourth-order valence-electron chi connectivity index (χ4n) is 7.28. The second kappa shape index (κ2) is 12.6. The highest BCUT2D eigenvalue weighted by atomic mass is 15.2. The van der Waals surface area contributed by atoms with Crippen LogP contribution in [0.25, 0.3) is 66.1 Å². The van der Waals surface area contributed by atoms with Crippen molar-refractivity contribution in [2.45, 2.75) is 6.92 Å². The van der Waals surface area contributed by atoms with Crippen molar-refractivity contribution < 1.29 is 0 Å². The van der Waals surface area contributed by atoms with Gasteiger partial charge in [-0.3, -0.25) is 4.57 Å². The molecule has 0 aliphatic heterocycles. The monoisotopic (exact) mass is 654 g/mol. The summed E-state index contributed by atoms with van der Waals surface area (Å²) in [4.78, 5) is 10.5. The smallest absolute Gasteiger partial charge is 0.235 e. The largest absolute Gasteiger partial charge is 0.309 e. The fraction of sp³-hybridized carbons (Fsp3) is 0.0213. The van der Waals surface area contributed by atoms with Crippen molar-refractivity contribution in [3.05, 3.63) is 194 Å². The summed E-state index contributed by atoms with van der Waals surface area (Å²) in [6.07, 6.45) is 0. The number of hydrogen-bond acceptors (Lipinski definition) is 1. The standard InChI is InChI=1S/C47H34N4/c1-32(34-16-6-3-7-17-34)48-47(49-33(2)35-26-28-37(29-27-35)36-18-8-4-9-19-36)51-42-25-15-13-23-40(42)46-44(51)31-30-43-45(46)39-22-12-14-24-41(39)50(43)38-20-10-5-11-21-38/h3-31H,1H2,2H3/b48-47+,49-33+. The quantitative estimate of drug-likeness (QED) is 0.131. The van der Waals surface area contributed by atoms with Crippen molar-refractivity contribution in [1.29, 1.82) is 0 Å². The molecule has 7 aromatic carbocycles. The molecule has 0 saturated carbocycles. The van der Waals surface area contributed by atoms with Crippen LogP contribution in [-0.2, 0) is 0 Å². The maximum absolute atomic E-state index is 5.32. The van der Waals surface area contributed by atoms with Crippen LogP contribution < -0.4 is 0 Å². The van der Waals surface area contributed by atoms with E-state index in [0.29, 0.717) is 11.7 Å². The molecule has 0 radical (unpaired) electrons. The highest BCUT2D eigenvalue weighted by molar-refractivity contribution is 6.30. The number of aliphatic imine (C=N–C) groups is 2. The number of benzene rings is 7. The van der Waals surface area contributed by atoms with E-state index >= 15 is 0 Å². The molecule has 0 atom stereocenters. The Labute approximate surface area is 296 Å². The van der Waals surface area contributed by atoms with Crippen LogP contribution in [0.1, 0.15) is 18.1 Å². The number of fused-ring (bicyclic) bond motifs is 7. The zero-order valence-electron chi connectivity index (χ0n) is 28.2. The average molecular weight is 655 g/mol. The molecule has 0 aliphatic rings. The maximum atomic E-state index is 5.32. The summed E-state index contributed by atoms with van der Waals surface area (Å²) < 4.78 is 4.57.